The van der Waals surface area contributed by atoms with Crippen molar-refractivity contribution < 1.29 is 13.6 Å². The van der Waals surface area contributed by atoms with Gasteiger partial charge in [0.2, 0.25) is 5.91 Å². The Balaban J connectivity index is 1.75. The summed E-state index contributed by atoms with van der Waals surface area (Å²) < 4.78 is 28.9. The molecule has 1 aromatic carbocycles. The van der Waals surface area contributed by atoms with Gasteiger partial charge in [-0.05, 0) is 42.7 Å². The molecule has 128 valence electrons. The summed E-state index contributed by atoms with van der Waals surface area (Å²) >= 11 is 0. The first-order valence-corrected chi connectivity index (χ1v) is 8.21. The predicted octanol–water partition coefficient (Wildman–Crippen LogP) is 3.52. The summed E-state index contributed by atoms with van der Waals surface area (Å²) in [5, 5.41) is 0. The van der Waals surface area contributed by atoms with Crippen molar-refractivity contribution in [3.8, 4) is 11.1 Å². The van der Waals surface area contributed by atoms with Gasteiger partial charge >= 0.3 is 0 Å². The summed E-state index contributed by atoms with van der Waals surface area (Å²) in [5.41, 5.74) is 3.57. The summed E-state index contributed by atoms with van der Waals surface area (Å²) in [5.74, 6) is -1.19. The maximum Gasteiger partial charge on any atom is 0.242 e. The second-order valence-electron chi connectivity index (χ2n) is 6.42. The fourth-order valence-corrected chi connectivity index (χ4v) is 3.16. The molecule has 0 aliphatic carbocycles. The van der Waals surface area contributed by atoms with Crippen molar-refractivity contribution in [1.82, 2.24) is 14.5 Å². The van der Waals surface area contributed by atoms with Crippen LogP contribution in [0.5, 0.6) is 0 Å². The van der Waals surface area contributed by atoms with Crippen LogP contribution in [0.3, 0.4) is 0 Å². The van der Waals surface area contributed by atoms with Crippen LogP contribution in [0.4, 0.5) is 8.78 Å². The molecule has 1 aliphatic rings. The molecular weight excluding hydrogens is 324 g/mol. The standard InChI is InChI=1S/C19H17F2N3O/c1-12-10-24(11-18(25)23-3-2-4-23)17-7-14(9-22-19(12)17)13-5-15(20)8-16(21)6-13/h5-10H,2-4,11H2,1H3. The molecule has 4 rings (SSSR count). The first kappa shape index (κ1) is 15.7. The highest BCUT2D eigenvalue weighted by molar-refractivity contribution is 5.86. The number of aromatic nitrogens is 2. The number of pyridine rings is 1. The Morgan fingerprint density at radius 1 is 1.12 bits per heavy atom. The lowest BCUT2D eigenvalue weighted by Crippen LogP contribution is -2.43. The first-order valence-electron chi connectivity index (χ1n) is 8.21. The molecule has 0 spiro atoms. The molecule has 0 bridgehead atoms. The second kappa shape index (κ2) is 5.95. The number of carbonyl (C=O) groups excluding carboxylic acids is 1. The van der Waals surface area contributed by atoms with Crippen molar-refractivity contribution in [1.29, 1.82) is 0 Å². The first-order chi connectivity index (χ1) is 12.0. The van der Waals surface area contributed by atoms with E-state index in [9.17, 15) is 13.6 Å². The van der Waals surface area contributed by atoms with Crippen molar-refractivity contribution in [2.45, 2.75) is 19.9 Å². The monoisotopic (exact) mass is 341 g/mol. The third-order valence-corrected chi connectivity index (χ3v) is 4.61. The predicted molar refractivity (Wildman–Crippen MR) is 91.0 cm³/mol. The van der Waals surface area contributed by atoms with Crippen molar-refractivity contribution in [2.24, 2.45) is 0 Å². The summed E-state index contributed by atoms with van der Waals surface area (Å²) in [7, 11) is 0. The Morgan fingerprint density at radius 2 is 1.84 bits per heavy atom. The van der Waals surface area contributed by atoms with Crippen molar-refractivity contribution in [2.75, 3.05) is 13.1 Å². The third kappa shape index (κ3) is 2.88. The zero-order chi connectivity index (χ0) is 17.6. The Hall–Kier alpha value is -2.76. The summed E-state index contributed by atoms with van der Waals surface area (Å²) in [4.78, 5) is 18.5. The minimum atomic E-state index is -0.630. The molecule has 2 aromatic heterocycles. The molecule has 1 fully saturated rings. The van der Waals surface area contributed by atoms with Gasteiger partial charge in [0.25, 0.3) is 0 Å². The van der Waals surface area contributed by atoms with E-state index < -0.39 is 11.6 Å². The summed E-state index contributed by atoms with van der Waals surface area (Å²) in [6.07, 6.45) is 4.55. The van der Waals surface area contributed by atoms with Crippen molar-refractivity contribution in [3.63, 3.8) is 0 Å². The molecule has 4 nitrogen and oxygen atoms in total. The number of rotatable bonds is 3. The number of nitrogens with zero attached hydrogens (tertiary/aromatic N) is 3. The molecule has 1 saturated heterocycles. The highest BCUT2D eigenvalue weighted by atomic mass is 19.1. The number of amides is 1. The number of hydrogen-bond acceptors (Lipinski definition) is 2. The Labute approximate surface area is 143 Å². The largest absolute Gasteiger partial charge is 0.341 e. The van der Waals surface area contributed by atoms with E-state index in [2.05, 4.69) is 4.98 Å². The van der Waals surface area contributed by atoms with Gasteiger partial charge < -0.3 is 9.47 Å². The second-order valence-corrected chi connectivity index (χ2v) is 6.42. The van der Waals surface area contributed by atoms with Gasteiger partial charge in [-0.1, -0.05) is 0 Å². The molecule has 1 aliphatic heterocycles. The van der Waals surface area contributed by atoms with Gasteiger partial charge in [-0.3, -0.25) is 9.78 Å². The fraction of sp³-hybridized carbons (Fsp3) is 0.263. The van der Waals surface area contributed by atoms with Crippen LogP contribution in [0.15, 0.2) is 36.7 Å². The smallest absolute Gasteiger partial charge is 0.242 e. The van der Waals surface area contributed by atoms with E-state index in [0.29, 0.717) is 11.1 Å². The SMILES string of the molecule is Cc1cn(CC(=O)N2CCC2)c2cc(-c3cc(F)cc(F)c3)cnc12. The van der Waals surface area contributed by atoms with Crippen LogP contribution in [0.25, 0.3) is 22.2 Å². The van der Waals surface area contributed by atoms with Gasteiger partial charge in [0.05, 0.1) is 11.0 Å². The number of benzene rings is 1. The van der Waals surface area contributed by atoms with Gasteiger partial charge in [0.15, 0.2) is 0 Å². The van der Waals surface area contributed by atoms with Gasteiger partial charge in [-0.2, -0.15) is 0 Å². The van der Waals surface area contributed by atoms with Crippen LogP contribution in [0.2, 0.25) is 0 Å². The number of aryl methyl sites for hydroxylation is 1. The van der Waals surface area contributed by atoms with Crippen LogP contribution < -0.4 is 0 Å². The van der Waals surface area contributed by atoms with Gasteiger partial charge in [0, 0.05) is 37.1 Å². The molecule has 0 radical (unpaired) electrons. The minimum Gasteiger partial charge on any atom is -0.341 e. The molecule has 0 N–H and O–H groups in total. The lowest BCUT2D eigenvalue weighted by atomic mass is 10.1. The zero-order valence-corrected chi connectivity index (χ0v) is 13.8. The van der Waals surface area contributed by atoms with E-state index in [4.69, 9.17) is 0 Å². The molecule has 0 saturated carbocycles. The highest BCUT2D eigenvalue weighted by Gasteiger charge is 2.21. The normalized spacial score (nSPS) is 14.0. The molecule has 6 heteroatoms. The lowest BCUT2D eigenvalue weighted by molar-refractivity contribution is -0.135. The number of halogens is 2. The third-order valence-electron chi connectivity index (χ3n) is 4.61. The van der Waals surface area contributed by atoms with Crippen molar-refractivity contribution in [3.05, 3.63) is 53.9 Å². The molecular formula is C19H17F2N3O. The summed E-state index contributed by atoms with van der Waals surface area (Å²) in [6, 6.07) is 5.22. The van der Waals surface area contributed by atoms with Gasteiger partial charge in [-0.15, -0.1) is 0 Å². The van der Waals surface area contributed by atoms with Gasteiger partial charge in [0.1, 0.15) is 18.2 Å². The highest BCUT2D eigenvalue weighted by Crippen LogP contribution is 2.27. The van der Waals surface area contributed by atoms with Gasteiger partial charge in [-0.25, -0.2) is 8.78 Å². The van der Waals surface area contributed by atoms with Crippen LogP contribution in [0.1, 0.15) is 12.0 Å². The molecule has 1 amide bonds. The van der Waals surface area contributed by atoms with E-state index in [1.165, 1.54) is 12.1 Å². The van der Waals surface area contributed by atoms with Crippen LogP contribution in [0, 0.1) is 18.6 Å². The molecule has 0 atom stereocenters. The maximum absolute atomic E-state index is 13.5. The molecule has 0 unspecified atom stereocenters. The van der Waals surface area contributed by atoms with E-state index >= 15 is 0 Å². The number of hydrogen-bond donors (Lipinski definition) is 0. The van der Waals surface area contributed by atoms with Crippen LogP contribution >= 0.6 is 0 Å². The Bertz CT molecular complexity index is 956. The average Bonchev–Trinajstić information content (AvgIpc) is 2.80. The maximum atomic E-state index is 13.5. The lowest BCUT2D eigenvalue weighted by Gasteiger charge is -2.31. The molecule has 25 heavy (non-hydrogen) atoms. The minimum absolute atomic E-state index is 0.0744. The number of likely N-dealkylation sites (tertiary alicyclic amines) is 1. The summed E-state index contributed by atoms with van der Waals surface area (Å²) in [6.45, 7) is 3.79. The van der Waals surface area contributed by atoms with E-state index in [-0.39, 0.29) is 12.5 Å². The van der Waals surface area contributed by atoms with E-state index in [1.54, 1.807) is 6.20 Å². The zero-order valence-electron chi connectivity index (χ0n) is 13.8. The van der Waals surface area contributed by atoms with E-state index in [1.807, 2.05) is 28.7 Å². The van der Waals surface area contributed by atoms with E-state index in [0.717, 1.165) is 42.2 Å². The Morgan fingerprint density at radius 3 is 2.48 bits per heavy atom. The van der Waals surface area contributed by atoms with Crippen LogP contribution in [-0.4, -0.2) is 33.4 Å². The fourth-order valence-electron chi connectivity index (χ4n) is 3.16. The number of carbonyl (C=O) groups is 1. The number of fused-ring (bicyclic) bond motifs is 1. The van der Waals surface area contributed by atoms with Crippen LogP contribution in [-0.2, 0) is 11.3 Å². The topological polar surface area (TPSA) is 38.1 Å². The average molecular weight is 341 g/mol. The molecule has 3 heterocycles. The van der Waals surface area contributed by atoms with Crippen molar-refractivity contribution >= 4 is 16.9 Å². The Kier molecular flexibility index (Phi) is 3.75. The quantitative estimate of drug-likeness (QED) is 0.731. The molecule has 3 aromatic rings.